The minimum Gasteiger partial charge on any atom is -0.301 e. The molecule has 0 aliphatic heterocycles. The molecule has 2 aromatic heterocycles. The van der Waals surface area contributed by atoms with Crippen LogP contribution in [0.25, 0.3) is 10.9 Å². The quantitative estimate of drug-likeness (QED) is 0.591. The number of carbonyl (C=O) groups excluding carboxylic acids is 1. The molecule has 0 aliphatic carbocycles. The molecule has 0 aliphatic rings. The largest absolute Gasteiger partial charge is 0.301 e. The molecule has 3 aromatic rings. The first kappa shape index (κ1) is 18.1. The van der Waals surface area contributed by atoms with Gasteiger partial charge in [-0.3, -0.25) is 14.2 Å². The Morgan fingerprint density at radius 3 is 2.73 bits per heavy atom. The molecule has 0 saturated heterocycles. The van der Waals surface area contributed by atoms with E-state index in [1.54, 1.807) is 24.3 Å². The van der Waals surface area contributed by atoms with Crippen LogP contribution in [-0.4, -0.2) is 34.1 Å². The van der Waals surface area contributed by atoms with Gasteiger partial charge in [-0.05, 0) is 12.1 Å². The van der Waals surface area contributed by atoms with E-state index in [1.807, 2.05) is 0 Å². The molecule has 12 heteroatoms. The van der Waals surface area contributed by atoms with E-state index in [0.717, 1.165) is 11.3 Å². The smallest absolute Gasteiger partial charge is 0.270 e. The van der Waals surface area contributed by atoms with Crippen molar-refractivity contribution in [3.05, 3.63) is 40.4 Å². The lowest BCUT2D eigenvalue weighted by molar-refractivity contribution is -0.114. The fourth-order valence-electron chi connectivity index (χ4n) is 2.16. The van der Waals surface area contributed by atoms with Gasteiger partial charge in [0.05, 0.1) is 17.4 Å². The summed E-state index contributed by atoms with van der Waals surface area (Å²) in [5.74, 6) is -0.128. The maximum atomic E-state index is 12.3. The molecular weight excluding hydrogens is 380 g/mol. The van der Waals surface area contributed by atoms with Crippen molar-refractivity contribution in [2.75, 3.05) is 5.32 Å². The third kappa shape index (κ3) is 3.61. The highest BCUT2D eigenvalue weighted by atomic mass is 32.2. The van der Waals surface area contributed by atoms with Crippen LogP contribution in [0.4, 0.5) is 5.13 Å². The van der Waals surface area contributed by atoms with E-state index in [1.165, 1.54) is 18.5 Å². The van der Waals surface area contributed by atoms with Gasteiger partial charge in [0.25, 0.3) is 15.6 Å². The molecule has 0 bridgehead atoms. The van der Waals surface area contributed by atoms with Crippen molar-refractivity contribution in [2.24, 2.45) is 7.05 Å². The first-order chi connectivity index (χ1) is 12.3. The van der Waals surface area contributed by atoms with Gasteiger partial charge in [0.1, 0.15) is 5.82 Å². The summed E-state index contributed by atoms with van der Waals surface area (Å²) in [5, 5.41) is 10.0. The molecule has 0 fully saturated rings. The van der Waals surface area contributed by atoms with Crippen LogP contribution >= 0.6 is 11.3 Å². The highest BCUT2D eigenvalue weighted by Gasteiger charge is 2.21. The van der Waals surface area contributed by atoms with E-state index in [4.69, 9.17) is 0 Å². The van der Waals surface area contributed by atoms with Crippen LogP contribution in [0.15, 0.2) is 33.4 Å². The van der Waals surface area contributed by atoms with Crippen molar-refractivity contribution in [3.63, 3.8) is 0 Å². The van der Waals surface area contributed by atoms with Crippen LogP contribution in [0.1, 0.15) is 12.7 Å². The number of aromatic nitrogens is 4. The lowest BCUT2D eigenvalue weighted by atomic mass is 10.2. The van der Waals surface area contributed by atoms with E-state index in [9.17, 15) is 18.0 Å². The number of hydrogen-bond acceptors (Lipinski definition) is 8. The predicted molar refractivity (Wildman–Crippen MR) is 95.2 cm³/mol. The molecular formula is C14H14N6O4S2. The standard InChI is InChI=1S/C14H14N6O4S2/c1-8(21)16-13-18-19-14(25-13)26(23,24)15-7-11-17-10-6-4-3-5-9(10)12(22)20(11)2/h3-6,15H,7H2,1-2H3,(H,16,18,21). The van der Waals surface area contributed by atoms with Gasteiger partial charge in [0.2, 0.25) is 15.4 Å². The summed E-state index contributed by atoms with van der Waals surface area (Å²) in [5.41, 5.74) is 0.210. The Bertz CT molecular complexity index is 1150. The highest BCUT2D eigenvalue weighted by Crippen LogP contribution is 2.19. The summed E-state index contributed by atoms with van der Waals surface area (Å²) in [6, 6.07) is 6.81. The summed E-state index contributed by atoms with van der Waals surface area (Å²) < 4.78 is 28.0. The average Bonchev–Trinajstić information content (AvgIpc) is 3.05. The molecule has 0 saturated carbocycles. The van der Waals surface area contributed by atoms with Crippen LogP contribution in [0.2, 0.25) is 0 Å². The molecule has 2 heterocycles. The number of benzene rings is 1. The third-order valence-corrected chi connectivity index (χ3v) is 6.02. The van der Waals surface area contributed by atoms with Gasteiger partial charge in [-0.15, -0.1) is 10.2 Å². The maximum Gasteiger partial charge on any atom is 0.270 e. The van der Waals surface area contributed by atoms with Crippen molar-refractivity contribution in [2.45, 2.75) is 17.8 Å². The number of nitrogens with one attached hydrogen (secondary N) is 2. The van der Waals surface area contributed by atoms with Crippen LogP contribution in [0.3, 0.4) is 0 Å². The second-order valence-corrected chi connectivity index (χ2v) is 8.21. The van der Waals surface area contributed by atoms with E-state index in [0.29, 0.717) is 10.9 Å². The number of sulfonamides is 1. The zero-order chi connectivity index (χ0) is 18.9. The van der Waals surface area contributed by atoms with Gasteiger partial charge in [0.15, 0.2) is 0 Å². The number of para-hydroxylation sites is 1. The molecule has 0 radical (unpaired) electrons. The molecule has 0 spiro atoms. The van der Waals surface area contributed by atoms with Gasteiger partial charge in [0, 0.05) is 14.0 Å². The predicted octanol–water partition coefficient (Wildman–Crippen LogP) is 0.222. The van der Waals surface area contributed by atoms with Crippen LogP contribution in [0.5, 0.6) is 0 Å². The molecule has 0 atom stereocenters. The zero-order valence-electron chi connectivity index (χ0n) is 13.8. The SMILES string of the molecule is CC(=O)Nc1nnc(S(=O)(=O)NCc2nc3ccccc3c(=O)n2C)s1. The van der Waals surface area contributed by atoms with Crippen molar-refractivity contribution in [3.8, 4) is 0 Å². The molecule has 10 nitrogen and oxygen atoms in total. The van der Waals surface area contributed by atoms with Crippen LogP contribution in [0, 0.1) is 0 Å². The van der Waals surface area contributed by atoms with Crippen LogP contribution < -0.4 is 15.6 Å². The van der Waals surface area contributed by atoms with Crippen LogP contribution in [-0.2, 0) is 28.4 Å². The Morgan fingerprint density at radius 1 is 1.27 bits per heavy atom. The van der Waals surface area contributed by atoms with E-state index in [-0.39, 0.29) is 33.3 Å². The van der Waals surface area contributed by atoms with E-state index >= 15 is 0 Å². The normalized spacial score (nSPS) is 11.6. The Labute approximate surface area is 152 Å². The van der Waals surface area contributed by atoms with E-state index < -0.39 is 10.0 Å². The fraction of sp³-hybridized carbons (Fsp3) is 0.214. The minimum absolute atomic E-state index is 0.0779. The Kier molecular flexibility index (Phi) is 4.80. The molecule has 3 rings (SSSR count). The molecule has 2 N–H and O–H groups in total. The van der Waals surface area contributed by atoms with Gasteiger partial charge in [-0.25, -0.2) is 18.1 Å². The summed E-state index contributed by atoms with van der Waals surface area (Å²) >= 11 is 0.720. The number of amides is 1. The number of anilines is 1. The maximum absolute atomic E-state index is 12.3. The Balaban J connectivity index is 1.85. The van der Waals surface area contributed by atoms with Crippen molar-refractivity contribution < 1.29 is 13.2 Å². The molecule has 1 aromatic carbocycles. The van der Waals surface area contributed by atoms with Crippen molar-refractivity contribution >= 4 is 43.3 Å². The molecule has 26 heavy (non-hydrogen) atoms. The summed E-state index contributed by atoms with van der Waals surface area (Å²) in [7, 11) is -2.45. The van der Waals surface area contributed by atoms with E-state index in [2.05, 4.69) is 25.2 Å². The highest BCUT2D eigenvalue weighted by molar-refractivity contribution is 7.91. The Hall–Kier alpha value is -2.70. The third-order valence-electron chi connectivity index (χ3n) is 3.42. The Morgan fingerprint density at radius 2 is 2.00 bits per heavy atom. The topological polar surface area (TPSA) is 136 Å². The lowest BCUT2D eigenvalue weighted by Crippen LogP contribution is -2.29. The number of fused-ring (bicyclic) bond motifs is 1. The molecule has 136 valence electrons. The van der Waals surface area contributed by atoms with Gasteiger partial charge in [-0.2, -0.15) is 0 Å². The summed E-state index contributed by atoms with van der Waals surface area (Å²) in [4.78, 5) is 27.6. The van der Waals surface area contributed by atoms with Gasteiger partial charge < -0.3 is 5.32 Å². The van der Waals surface area contributed by atoms with Gasteiger partial charge >= 0.3 is 0 Å². The first-order valence-corrected chi connectivity index (χ1v) is 9.63. The van der Waals surface area contributed by atoms with Crippen molar-refractivity contribution in [1.82, 2.24) is 24.5 Å². The monoisotopic (exact) mass is 394 g/mol. The molecule has 1 amide bonds. The number of nitrogens with zero attached hydrogens (tertiary/aromatic N) is 4. The molecule has 0 unspecified atom stereocenters. The lowest BCUT2D eigenvalue weighted by Gasteiger charge is -2.09. The first-order valence-electron chi connectivity index (χ1n) is 7.33. The van der Waals surface area contributed by atoms with Gasteiger partial charge in [-0.1, -0.05) is 23.5 Å². The fourth-order valence-corrected chi connectivity index (χ4v) is 4.13. The second kappa shape index (κ2) is 6.90. The summed E-state index contributed by atoms with van der Waals surface area (Å²) in [6.07, 6.45) is 0. The zero-order valence-corrected chi connectivity index (χ0v) is 15.4. The number of rotatable bonds is 5. The second-order valence-electron chi connectivity index (χ2n) is 5.29. The minimum atomic E-state index is -3.97. The average molecular weight is 394 g/mol. The summed E-state index contributed by atoms with van der Waals surface area (Å²) in [6.45, 7) is 1.08. The number of hydrogen-bond donors (Lipinski definition) is 2. The number of carbonyl (C=O) groups is 1. The van der Waals surface area contributed by atoms with Crippen molar-refractivity contribution in [1.29, 1.82) is 0 Å².